The van der Waals surface area contributed by atoms with Crippen molar-refractivity contribution in [1.29, 1.82) is 0 Å². The van der Waals surface area contributed by atoms with Crippen LogP contribution in [-0.4, -0.2) is 29.4 Å². The summed E-state index contributed by atoms with van der Waals surface area (Å²) in [6, 6.07) is 8.03. The van der Waals surface area contributed by atoms with Crippen LogP contribution < -0.4 is 10.6 Å². The van der Waals surface area contributed by atoms with E-state index in [1.54, 1.807) is 0 Å². The van der Waals surface area contributed by atoms with Crippen LogP contribution in [0.1, 0.15) is 50.5 Å². The summed E-state index contributed by atoms with van der Waals surface area (Å²) < 4.78 is 0. The van der Waals surface area contributed by atoms with Crippen LogP contribution in [-0.2, 0) is 9.59 Å². The van der Waals surface area contributed by atoms with Gasteiger partial charge < -0.3 is 10.6 Å². The van der Waals surface area contributed by atoms with E-state index in [4.69, 9.17) is 0 Å². The zero-order valence-electron chi connectivity index (χ0n) is 14.5. The third-order valence-corrected chi connectivity index (χ3v) is 5.17. The molecule has 0 aromatic heterocycles. The highest BCUT2D eigenvalue weighted by molar-refractivity contribution is 8.00. The molecule has 1 aliphatic carbocycles. The summed E-state index contributed by atoms with van der Waals surface area (Å²) in [6.45, 7) is 1.99. The van der Waals surface area contributed by atoms with E-state index >= 15 is 0 Å². The van der Waals surface area contributed by atoms with Gasteiger partial charge in [-0.15, -0.1) is 11.8 Å². The molecule has 1 aromatic rings. The van der Waals surface area contributed by atoms with E-state index in [2.05, 4.69) is 10.6 Å². The Hall–Kier alpha value is -1.49. The van der Waals surface area contributed by atoms with Gasteiger partial charge in [-0.3, -0.25) is 9.59 Å². The molecule has 0 unspecified atom stereocenters. The molecule has 24 heavy (non-hydrogen) atoms. The fourth-order valence-electron chi connectivity index (χ4n) is 3.03. The number of carbonyl (C=O) groups excluding carboxylic acids is 2. The number of amides is 2. The lowest BCUT2D eigenvalue weighted by Crippen LogP contribution is -2.36. The molecule has 4 nitrogen and oxygen atoms in total. The van der Waals surface area contributed by atoms with E-state index in [0.717, 1.165) is 24.1 Å². The smallest absolute Gasteiger partial charge is 0.234 e. The van der Waals surface area contributed by atoms with Crippen molar-refractivity contribution in [2.75, 3.05) is 16.8 Å². The van der Waals surface area contributed by atoms with Crippen LogP contribution in [0.5, 0.6) is 0 Å². The Kier molecular flexibility index (Phi) is 8.16. The van der Waals surface area contributed by atoms with Gasteiger partial charge in [-0.2, -0.15) is 0 Å². The second kappa shape index (κ2) is 10.4. The minimum atomic E-state index is -0.0654. The summed E-state index contributed by atoms with van der Waals surface area (Å²) in [4.78, 5) is 23.9. The molecule has 1 aliphatic rings. The van der Waals surface area contributed by atoms with Gasteiger partial charge in [-0.1, -0.05) is 44.2 Å². The lowest BCUT2D eigenvalue weighted by molar-refractivity contribution is -0.119. The number of nitrogens with one attached hydrogen (secondary N) is 2. The van der Waals surface area contributed by atoms with E-state index in [-0.39, 0.29) is 11.8 Å². The highest BCUT2D eigenvalue weighted by atomic mass is 32.2. The van der Waals surface area contributed by atoms with Crippen LogP contribution in [0.3, 0.4) is 0 Å². The Morgan fingerprint density at radius 2 is 1.71 bits per heavy atom. The van der Waals surface area contributed by atoms with E-state index < -0.39 is 0 Å². The Morgan fingerprint density at radius 1 is 1.04 bits per heavy atom. The molecule has 5 heteroatoms. The molecule has 2 rings (SSSR count). The number of thioether (sulfide) groups is 1. The van der Waals surface area contributed by atoms with Crippen LogP contribution in [0, 0.1) is 6.92 Å². The summed E-state index contributed by atoms with van der Waals surface area (Å²) in [5, 5.41) is 5.99. The number of hydrogen-bond donors (Lipinski definition) is 2. The highest BCUT2D eigenvalue weighted by Gasteiger charge is 2.14. The molecule has 1 aromatic carbocycles. The van der Waals surface area contributed by atoms with Gasteiger partial charge in [-0.25, -0.2) is 0 Å². The van der Waals surface area contributed by atoms with Gasteiger partial charge in [0.15, 0.2) is 0 Å². The number of hydrogen-bond acceptors (Lipinski definition) is 3. The first-order chi connectivity index (χ1) is 11.6. The predicted molar refractivity (Wildman–Crippen MR) is 101 cm³/mol. The molecule has 2 N–H and O–H groups in total. The summed E-state index contributed by atoms with van der Waals surface area (Å²) in [6.07, 6.45) is 8.47. The Labute approximate surface area is 149 Å². The maximum Gasteiger partial charge on any atom is 0.234 e. The van der Waals surface area contributed by atoms with Crippen LogP contribution in [0.4, 0.5) is 5.69 Å². The van der Waals surface area contributed by atoms with Gasteiger partial charge in [0.1, 0.15) is 0 Å². The maximum atomic E-state index is 12.0. The molecule has 0 heterocycles. The third-order valence-electron chi connectivity index (χ3n) is 4.24. The normalized spacial score (nSPS) is 16.0. The van der Waals surface area contributed by atoms with E-state index in [0.29, 0.717) is 17.5 Å². The van der Waals surface area contributed by atoms with Crippen LogP contribution in [0.25, 0.3) is 0 Å². The SMILES string of the molecule is Cc1cccc(NC(=O)CSCC(=O)NC2CCCCCCC2)c1. The van der Waals surface area contributed by atoms with Crippen molar-refractivity contribution in [3.63, 3.8) is 0 Å². The number of benzene rings is 1. The Balaban J connectivity index is 1.63. The van der Waals surface area contributed by atoms with Crippen molar-refractivity contribution < 1.29 is 9.59 Å². The topological polar surface area (TPSA) is 58.2 Å². The molecule has 0 bridgehead atoms. The monoisotopic (exact) mass is 348 g/mol. The molecule has 2 amide bonds. The molecule has 0 atom stereocenters. The minimum Gasteiger partial charge on any atom is -0.353 e. The largest absolute Gasteiger partial charge is 0.353 e. The van der Waals surface area contributed by atoms with Crippen LogP contribution in [0.2, 0.25) is 0 Å². The Morgan fingerprint density at radius 3 is 2.42 bits per heavy atom. The van der Waals surface area contributed by atoms with E-state index in [1.165, 1.54) is 43.9 Å². The lowest BCUT2D eigenvalue weighted by atomic mass is 9.97. The predicted octanol–water partition coefficient (Wildman–Crippen LogP) is 3.90. The van der Waals surface area contributed by atoms with Crippen molar-refractivity contribution in [2.24, 2.45) is 0 Å². The molecule has 0 saturated heterocycles. The third kappa shape index (κ3) is 7.39. The van der Waals surface area contributed by atoms with Gasteiger partial charge in [-0.05, 0) is 37.5 Å². The molecule has 132 valence electrons. The quantitative estimate of drug-likeness (QED) is 0.820. The first-order valence-corrected chi connectivity index (χ1v) is 10.0. The zero-order valence-corrected chi connectivity index (χ0v) is 15.3. The highest BCUT2D eigenvalue weighted by Crippen LogP contribution is 2.17. The zero-order chi connectivity index (χ0) is 17.2. The van der Waals surface area contributed by atoms with E-state index in [9.17, 15) is 9.59 Å². The van der Waals surface area contributed by atoms with Crippen molar-refractivity contribution in [3.8, 4) is 0 Å². The average Bonchev–Trinajstić information content (AvgIpc) is 2.50. The molecular weight excluding hydrogens is 320 g/mol. The summed E-state index contributed by atoms with van der Waals surface area (Å²) >= 11 is 1.37. The van der Waals surface area contributed by atoms with E-state index in [1.807, 2.05) is 31.2 Å². The molecule has 0 aliphatic heterocycles. The maximum absolute atomic E-state index is 12.0. The van der Waals surface area contributed by atoms with Gasteiger partial charge >= 0.3 is 0 Å². The summed E-state index contributed by atoms with van der Waals surface area (Å²) in [5.74, 6) is 0.627. The number of rotatable bonds is 6. The number of carbonyl (C=O) groups is 2. The first kappa shape index (κ1) is 18.8. The number of aryl methyl sites for hydroxylation is 1. The van der Waals surface area contributed by atoms with Gasteiger partial charge in [0.2, 0.25) is 11.8 Å². The van der Waals surface area contributed by atoms with Crippen LogP contribution in [0.15, 0.2) is 24.3 Å². The molecule has 0 spiro atoms. The van der Waals surface area contributed by atoms with Crippen molar-refractivity contribution in [1.82, 2.24) is 5.32 Å². The number of anilines is 1. The second-order valence-corrected chi connectivity index (χ2v) is 7.51. The van der Waals surface area contributed by atoms with Crippen molar-refractivity contribution >= 4 is 29.3 Å². The standard InChI is InChI=1S/C19H28N2O2S/c1-15-8-7-11-17(12-15)21-19(23)14-24-13-18(22)20-16-9-5-3-2-4-6-10-16/h7-8,11-12,16H,2-6,9-10,13-14H2,1H3,(H,20,22)(H,21,23). The van der Waals surface area contributed by atoms with Crippen molar-refractivity contribution in [3.05, 3.63) is 29.8 Å². The summed E-state index contributed by atoms with van der Waals surface area (Å²) in [5.41, 5.74) is 1.92. The van der Waals surface area contributed by atoms with Crippen LogP contribution >= 0.6 is 11.8 Å². The van der Waals surface area contributed by atoms with Gasteiger partial charge in [0, 0.05) is 11.7 Å². The molecule has 1 fully saturated rings. The minimum absolute atomic E-state index is 0.0499. The van der Waals surface area contributed by atoms with Gasteiger partial charge in [0.25, 0.3) is 0 Å². The lowest BCUT2D eigenvalue weighted by Gasteiger charge is -2.20. The fraction of sp³-hybridized carbons (Fsp3) is 0.579. The van der Waals surface area contributed by atoms with Gasteiger partial charge in [0.05, 0.1) is 11.5 Å². The second-order valence-electron chi connectivity index (χ2n) is 6.52. The Bertz CT molecular complexity index is 540. The van der Waals surface area contributed by atoms with Crippen molar-refractivity contribution in [2.45, 2.75) is 57.9 Å². The molecular formula is C19H28N2O2S. The molecule has 1 saturated carbocycles. The fourth-order valence-corrected chi connectivity index (χ4v) is 3.65. The molecule has 0 radical (unpaired) electrons. The first-order valence-electron chi connectivity index (χ1n) is 8.87. The summed E-state index contributed by atoms with van der Waals surface area (Å²) in [7, 11) is 0. The average molecular weight is 349 g/mol.